The second-order valence-corrected chi connectivity index (χ2v) is 12.1. The van der Waals surface area contributed by atoms with E-state index in [1.54, 1.807) is 0 Å². The van der Waals surface area contributed by atoms with E-state index in [1.165, 1.54) is 77.2 Å². The Kier molecular flexibility index (Phi) is 4.17. The Balaban J connectivity index is 1.47. The van der Waals surface area contributed by atoms with Crippen LogP contribution in [0.4, 0.5) is 0 Å². The van der Waals surface area contributed by atoms with Crippen LogP contribution in [0.5, 0.6) is 0 Å². The molecule has 2 aliphatic rings. The maximum Gasteiger partial charge on any atom is 0.0159 e. The smallest absolute Gasteiger partial charge is 0.0159 e. The van der Waals surface area contributed by atoms with Gasteiger partial charge in [0, 0.05) is 10.8 Å². The fraction of sp³-hybridized carbons (Fsp3) is 0.158. The Labute approximate surface area is 224 Å². The zero-order valence-electron chi connectivity index (χ0n) is 22.4. The van der Waals surface area contributed by atoms with Crippen molar-refractivity contribution < 1.29 is 0 Å². The average Bonchev–Trinajstić information content (AvgIpc) is 2.94. The molecule has 0 heterocycles. The van der Waals surface area contributed by atoms with Gasteiger partial charge in [0.15, 0.2) is 0 Å². The Bertz CT molecular complexity index is 1820. The van der Waals surface area contributed by atoms with Crippen molar-refractivity contribution in [2.75, 3.05) is 0 Å². The van der Waals surface area contributed by atoms with Crippen molar-refractivity contribution in [1.82, 2.24) is 0 Å². The summed E-state index contributed by atoms with van der Waals surface area (Å²) < 4.78 is 0. The molecule has 0 fully saturated rings. The quantitative estimate of drug-likeness (QED) is 0.217. The van der Waals surface area contributed by atoms with Gasteiger partial charge in [0.25, 0.3) is 0 Å². The van der Waals surface area contributed by atoms with Crippen LogP contribution < -0.4 is 0 Å². The minimum Gasteiger partial charge on any atom is -0.0619 e. The second-order valence-electron chi connectivity index (χ2n) is 12.1. The minimum atomic E-state index is -0.0462. The molecule has 2 aliphatic carbocycles. The molecular weight excluding hydrogens is 456 g/mol. The van der Waals surface area contributed by atoms with Crippen LogP contribution in [0, 0.1) is 0 Å². The van der Waals surface area contributed by atoms with E-state index in [4.69, 9.17) is 0 Å². The average molecular weight is 487 g/mol. The third kappa shape index (κ3) is 2.60. The second kappa shape index (κ2) is 7.23. The van der Waals surface area contributed by atoms with Crippen LogP contribution in [-0.4, -0.2) is 0 Å². The predicted octanol–water partition coefficient (Wildman–Crippen LogP) is 10.3. The fourth-order valence-corrected chi connectivity index (χ4v) is 7.59. The lowest BCUT2D eigenvalue weighted by Crippen LogP contribution is -2.23. The molecule has 0 saturated heterocycles. The van der Waals surface area contributed by atoms with Gasteiger partial charge >= 0.3 is 0 Å². The lowest BCUT2D eigenvalue weighted by Gasteiger charge is -2.36. The highest BCUT2D eigenvalue weighted by molar-refractivity contribution is 6.15. The van der Waals surface area contributed by atoms with Crippen LogP contribution in [0.3, 0.4) is 0 Å². The van der Waals surface area contributed by atoms with Gasteiger partial charge in [-0.2, -0.15) is 0 Å². The Morgan fingerprint density at radius 3 is 1.13 bits per heavy atom. The highest BCUT2D eigenvalue weighted by atomic mass is 14.4. The first-order valence-corrected chi connectivity index (χ1v) is 13.7. The van der Waals surface area contributed by atoms with E-state index in [1.807, 2.05) is 0 Å². The van der Waals surface area contributed by atoms with Gasteiger partial charge in [0.2, 0.25) is 0 Å². The third-order valence-corrected chi connectivity index (χ3v) is 9.50. The van der Waals surface area contributed by atoms with Crippen molar-refractivity contribution in [3.05, 3.63) is 131 Å². The van der Waals surface area contributed by atoms with Gasteiger partial charge in [0.05, 0.1) is 0 Å². The lowest BCUT2D eigenvalue weighted by atomic mass is 9.67. The molecule has 8 rings (SSSR count). The van der Waals surface area contributed by atoms with Gasteiger partial charge in [-0.05, 0) is 77.2 Å². The first-order chi connectivity index (χ1) is 18.4. The molecule has 0 aliphatic heterocycles. The summed E-state index contributed by atoms with van der Waals surface area (Å²) in [4.78, 5) is 0. The van der Waals surface area contributed by atoms with E-state index < -0.39 is 0 Å². The minimum absolute atomic E-state index is 0.0462. The Morgan fingerprint density at radius 2 is 0.684 bits per heavy atom. The molecule has 0 heteroatoms. The van der Waals surface area contributed by atoms with Crippen LogP contribution in [0.15, 0.2) is 109 Å². The summed E-state index contributed by atoms with van der Waals surface area (Å²) in [5.74, 6) is 0. The first kappa shape index (κ1) is 21.9. The zero-order valence-corrected chi connectivity index (χ0v) is 22.4. The summed E-state index contributed by atoms with van der Waals surface area (Å²) in [7, 11) is 0. The highest BCUT2D eigenvalue weighted by Crippen LogP contribution is 2.53. The van der Waals surface area contributed by atoms with Gasteiger partial charge in [-0.25, -0.2) is 0 Å². The SMILES string of the molecule is CC1(C)c2ccccc2-c2ccc(-c3ccc4c5c(cccc35)C(C)(C)c3ccccc3-4)c3cccc1c23. The number of fused-ring (bicyclic) bond motifs is 4. The maximum atomic E-state index is 2.37. The Morgan fingerprint density at radius 1 is 0.316 bits per heavy atom. The molecule has 0 unspecified atom stereocenters. The zero-order chi connectivity index (χ0) is 25.8. The summed E-state index contributed by atoms with van der Waals surface area (Å²) in [6.45, 7) is 9.49. The summed E-state index contributed by atoms with van der Waals surface area (Å²) in [5, 5.41) is 5.50. The summed E-state index contributed by atoms with van der Waals surface area (Å²) in [6, 6.07) is 41.2. The molecular formula is C38H30. The number of hydrogen-bond donors (Lipinski definition) is 0. The third-order valence-electron chi connectivity index (χ3n) is 9.50. The van der Waals surface area contributed by atoms with E-state index in [-0.39, 0.29) is 10.8 Å². The first-order valence-electron chi connectivity index (χ1n) is 13.7. The van der Waals surface area contributed by atoms with Crippen LogP contribution in [0.1, 0.15) is 49.9 Å². The monoisotopic (exact) mass is 486 g/mol. The number of rotatable bonds is 1. The topological polar surface area (TPSA) is 0 Å². The molecule has 0 radical (unpaired) electrons. The summed E-state index contributed by atoms with van der Waals surface area (Å²) in [6.07, 6.45) is 0. The molecule has 6 aromatic carbocycles. The van der Waals surface area contributed by atoms with Crippen molar-refractivity contribution in [3.63, 3.8) is 0 Å². The van der Waals surface area contributed by atoms with Crippen LogP contribution >= 0.6 is 0 Å². The fourth-order valence-electron chi connectivity index (χ4n) is 7.59. The molecule has 0 nitrogen and oxygen atoms in total. The molecule has 0 N–H and O–H groups in total. The summed E-state index contributed by atoms with van der Waals surface area (Å²) >= 11 is 0. The molecule has 0 amide bonds. The van der Waals surface area contributed by atoms with E-state index in [9.17, 15) is 0 Å². The van der Waals surface area contributed by atoms with E-state index in [0.29, 0.717) is 0 Å². The van der Waals surface area contributed by atoms with Gasteiger partial charge in [0.1, 0.15) is 0 Å². The molecule has 182 valence electrons. The Hall–Kier alpha value is -4.16. The number of benzene rings is 6. The predicted molar refractivity (Wildman–Crippen MR) is 162 cm³/mol. The maximum absolute atomic E-state index is 2.37. The standard InChI is InChI=1S/C38H30/c1-37(2)31-15-7-5-11-25(31)29-21-19-23(27-13-9-17-33(37)35(27)29)24-20-22-30-26-12-6-8-16-32(26)38(3,4)34-18-10-14-28(24)36(30)34/h5-22H,1-4H3. The van der Waals surface area contributed by atoms with Gasteiger partial charge in [-0.1, -0.05) is 137 Å². The summed E-state index contributed by atoms with van der Waals surface area (Å²) in [5.41, 5.74) is 13.6. The van der Waals surface area contributed by atoms with E-state index in [2.05, 4.69) is 137 Å². The van der Waals surface area contributed by atoms with Gasteiger partial charge < -0.3 is 0 Å². The van der Waals surface area contributed by atoms with Crippen molar-refractivity contribution >= 4 is 21.5 Å². The number of hydrogen-bond acceptors (Lipinski definition) is 0. The largest absolute Gasteiger partial charge is 0.0619 e. The van der Waals surface area contributed by atoms with Crippen molar-refractivity contribution in [2.45, 2.75) is 38.5 Å². The lowest BCUT2D eigenvalue weighted by molar-refractivity contribution is 0.645. The van der Waals surface area contributed by atoms with E-state index in [0.717, 1.165) is 0 Å². The molecule has 38 heavy (non-hydrogen) atoms. The van der Waals surface area contributed by atoms with Crippen LogP contribution in [-0.2, 0) is 10.8 Å². The van der Waals surface area contributed by atoms with Crippen molar-refractivity contribution in [1.29, 1.82) is 0 Å². The van der Waals surface area contributed by atoms with Gasteiger partial charge in [-0.15, -0.1) is 0 Å². The molecule has 0 bridgehead atoms. The normalized spacial score (nSPS) is 15.8. The van der Waals surface area contributed by atoms with Crippen molar-refractivity contribution in [3.8, 4) is 33.4 Å². The van der Waals surface area contributed by atoms with Gasteiger partial charge in [-0.3, -0.25) is 0 Å². The molecule has 0 spiro atoms. The van der Waals surface area contributed by atoms with Crippen LogP contribution in [0.2, 0.25) is 0 Å². The van der Waals surface area contributed by atoms with Crippen molar-refractivity contribution in [2.24, 2.45) is 0 Å². The van der Waals surface area contributed by atoms with E-state index >= 15 is 0 Å². The molecule has 0 atom stereocenters. The molecule has 6 aromatic rings. The highest BCUT2D eigenvalue weighted by Gasteiger charge is 2.35. The molecule has 0 aromatic heterocycles. The molecule has 0 saturated carbocycles. The van der Waals surface area contributed by atoms with Crippen LogP contribution in [0.25, 0.3) is 54.9 Å².